The highest BCUT2D eigenvalue weighted by atomic mass is 16.3. The molecule has 2 rings (SSSR count). The van der Waals surface area contributed by atoms with Crippen molar-refractivity contribution in [3.05, 3.63) is 42.1 Å². The van der Waals surface area contributed by atoms with Gasteiger partial charge in [-0.05, 0) is 18.2 Å². The van der Waals surface area contributed by atoms with Crippen LogP contribution in [0.2, 0.25) is 0 Å². The van der Waals surface area contributed by atoms with Crippen molar-refractivity contribution in [2.75, 3.05) is 6.54 Å². The van der Waals surface area contributed by atoms with Crippen LogP contribution < -0.4 is 5.32 Å². The second kappa shape index (κ2) is 4.79. The Kier molecular flexibility index (Phi) is 3.19. The molecule has 0 bridgehead atoms. The fraction of sp³-hybridized carbons (Fsp3) is 0.364. The summed E-state index contributed by atoms with van der Waals surface area (Å²) in [4.78, 5) is 0. The number of aryl methyl sites for hydroxylation is 1. The average Bonchev–Trinajstić information content (AvgIpc) is 2.85. The molecule has 0 saturated heterocycles. The summed E-state index contributed by atoms with van der Waals surface area (Å²) in [6, 6.07) is 5.91. The van der Waals surface area contributed by atoms with Crippen LogP contribution in [0.4, 0.5) is 0 Å². The zero-order valence-electron chi connectivity index (χ0n) is 8.81. The average molecular weight is 205 g/mol. The highest BCUT2D eigenvalue weighted by Gasteiger charge is 1.98. The van der Waals surface area contributed by atoms with Crippen molar-refractivity contribution in [2.45, 2.75) is 13.0 Å². The van der Waals surface area contributed by atoms with Gasteiger partial charge < -0.3 is 9.73 Å². The molecule has 4 heteroatoms. The van der Waals surface area contributed by atoms with Crippen LogP contribution in [-0.4, -0.2) is 16.3 Å². The summed E-state index contributed by atoms with van der Waals surface area (Å²) >= 11 is 0. The Bertz CT molecular complexity index is 392. The second-order valence-corrected chi connectivity index (χ2v) is 3.45. The zero-order chi connectivity index (χ0) is 10.5. The van der Waals surface area contributed by atoms with Crippen molar-refractivity contribution >= 4 is 0 Å². The Labute approximate surface area is 88.9 Å². The summed E-state index contributed by atoms with van der Waals surface area (Å²) in [7, 11) is 1.96. The minimum absolute atomic E-state index is 0.783. The first-order chi connectivity index (χ1) is 7.36. The van der Waals surface area contributed by atoms with Crippen LogP contribution in [0.1, 0.15) is 11.5 Å². The summed E-state index contributed by atoms with van der Waals surface area (Å²) in [6.07, 6.45) is 4.50. The minimum atomic E-state index is 0.783. The molecule has 0 amide bonds. The Morgan fingerprint density at radius 3 is 3.07 bits per heavy atom. The Balaban J connectivity index is 1.70. The van der Waals surface area contributed by atoms with E-state index in [0.29, 0.717) is 0 Å². The number of hydrogen-bond acceptors (Lipinski definition) is 3. The lowest BCUT2D eigenvalue weighted by molar-refractivity contribution is 0.483. The molecule has 0 saturated carbocycles. The molecule has 2 aromatic heterocycles. The zero-order valence-corrected chi connectivity index (χ0v) is 8.81. The first-order valence-corrected chi connectivity index (χ1v) is 5.06. The molecule has 0 aliphatic carbocycles. The third kappa shape index (κ3) is 2.70. The first-order valence-electron chi connectivity index (χ1n) is 5.06. The van der Waals surface area contributed by atoms with Gasteiger partial charge in [0, 0.05) is 31.9 Å². The van der Waals surface area contributed by atoms with Crippen molar-refractivity contribution in [3.63, 3.8) is 0 Å². The predicted octanol–water partition coefficient (Wildman–Crippen LogP) is 1.35. The van der Waals surface area contributed by atoms with E-state index in [-0.39, 0.29) is 0 Å². The maximum atomic E-state index is 5.21. The molecule has 0 spiro atoms. The van der Waals surface area contributed by atoms with Gasteiger partial charge in [-0.25, -0.2) is 0 Å². The minimum Gasteiger partial charge on any atom is -0.468 e. The van der Waals surface area contributed by atoms with Crippen LogP contribution in [0.3, 0.4) is 0 Å². The van der Waals surface area contributed by atoms with E-state index < -0.39 is 0 Å². The van der Waals surface area contributed by atoms with E-state index in [9.17, 15) is 0 Å². The van der Waals surface area contributed by atoms with Crippen molar-refractivity contribution < 1.29 is 4.42 Å². The first kappa shape index (κ1) is 9.98. The molecule has 1 N–H and O–H groups in total. The summed E-state index contributed by atoms with van der Waals surface area (Å²) in [5.74, 6) is 0.972. The van der Waals surface area contributed by atoms with Crippen molar-refractivity contribution in [1.29, 1.82) is 0 Å². The number of aromatic nitrogens is 2. The maximum Gasteiger partial charge on any atom is 0.117 e. The lowest BCUT2D eigenvalue weighted by atomic mass is 10.3. The summed E-state index contributed by atoms with van der Waals surface area (Å²) in [5, 5.41) is 7.43. The van der Waals surface area contributed by atoms with E-state index in [2.05, 4.69) is 10.4 Å². The van der Waals surface area contributed by atoms with Crippen molar-refractivity contribution in [2.24, 2.45) is 7.05 Å². The quantitative estimate of drug-likeness (QED) is 0.749. The molecule has 15 heavy (non-hydrogen) atoms. The molecular weight excluding hydrogens is 190 g/mol. The van der Waals surface area contributed by atoms with Gasteiger partial charge in [0.15, 0.2) is 0 Å². The molecule has 0 fully saturated rings. The van der Waals surface area contributed by atoms with Gasteiger partial charge in [0.1, 0.15) is 5.76 Å². The van der Waals surface area contributed by atoms with E-state index in [1.54, 1.807) is 6.26 Å². The van der Waals surface area contributed by atoms with E-state index in [0.717, 1.165) is 25.3 Å². The third-order valence-corrected chi connectivity index (χ3v) is 2.36. The van der Waals surface area contributed by atoms with Gasteiger partial charge >= 0.3 is 0 Å². The van der Waals surface area contributed by atoms with Gasteiger partial charge in [0.05, 0.1) is 12.8 Å². The van der Waals surface area contributed by atoms with Crippen LogP contribution in [-0.2, 0) is 20.0 Å². The highest BCUT2D eigenvalue weighted by Crippen LogP contribution is 1.99. The lowest BCUT2D eigenvalue weighted by Crippen LogP contribution is -2.17. The van der Waals surface area contributed by atoms with Crippen molar-refractivity contribution in [1.82, 2.24) is 15.1 Å². The van der Waals surface area contributed by atoms with Gasteiger partial charge in [0.2, 0.25) is 0 Å². The number of rotatable bonds is 5. The van der Waals surface area contributed by atoms with Crippen LogP contribution in [0.15, 0.2) is 35.1 Å². The van der Waals surface area contributed by atoms with Gasteiger partial charge in [-0.1, -0.05) is 0 Å². The highest BCUT2D eigenvalue weighted by molar-refractivity contribution is 5.01. The fourth-order valence-corrected chi connectivity index (χ4v) is 1.49. The number of hydrogen-bond donors (Lipinski definition) is 1. The predicted molar refractivity (Wildman–Crippen MR) is 57.3 cm³/mol. The van der Waals surface area contributed by atoms with Gasteiger partial charge in [-0.3, -0.25) is 4.68 Å². The van der Waals surface area contributed by atoms with Crippen LogP contribution >= 0.6 is 0 Å². The molecular formula is C11H15N3O. The van der Waals surface area contributed by atoms with Crippen molar-refractivity contribution in [3.8, 4) is 0 Å². The SMILES string of the molecule is Cn1nccc1CCNCc1ccco1. The second-order valence-electron chi connectivity index (χ2n) is 3.45. The topological polar surface area (TPSA) is 43.0 Å². The number of nitrogens with one attached hydrogen (secondary N) is 1. The molecule has 0 aromatic carbocycles. The van der Waals surface area contributed by atoms with Gasteiger partial charge in [0.25, 0.3) is 0 Å². The van der Waals surface area contributed by atoms with Gasteiger partial charge in [-0.2, -0.15) is 5.10 Å². The van der Waals surface area contributed by atoms with Crippen LogP contribution in [0.5, 0.6) is 0 Å². The van der Waals surface area contributed by atoms with Gasteiger partial charge in [-0.15, -0.1) is 0 Å². The number of nitrogens with zero attached hydrogens (tertiary/aromatic N) is 2. The lowest BCUT2D eigenvalue weighted by Gasteiger charge is -2.03. The smallest absolute Gasteiger partial charge is 0.117 e. The van der Waals surface area contributed by atoms with Crippen LogP contribution in [0.25, 0.3) is 0 Å². The Hall–Kier alpha value is -1.55. The monoisotopic (exact) mass is 205 g/mol. The molecule has 0 aliphatic rings. The molecule has 2 heterocycles. The molecule has 2 aromatic rings. The van der Waals surface area contributed by atoms with E-state index in [1.165, 1.54) is 5.69 Å². The van der Waals surface area contributed by atoms with E-state index >= 15 is 0 Å². The molecule has 4 nitrogen and oxygen atoms in total. The molecule has 0 aliphatic heterocycles. The standard InChI is InChI=1S/C11H15N3O/c1-14-10(5-7-13-14)4-6-12-9-11-3-2-8-15-11/h2-3,5,7-8,12H,4,6,9H2,1H3. The fourth-order valence-electron chi connectivity index (χ4n) is 1.49. The van der Waals surface area contributed by atoms with E-state index in [4.69, 9.17) is 4.42 Å². The largest absolute Gasteiger partial charge is 0.468 e. The molecule has 80 valence electrons. The normalized spacial score (nSPS) is 10.7. The van der Waals surface area contributed by atoms with Crippen LogP contribution in [0, 0.1) is 0 Å². The molecule has 0 atom stereocenters. The Morgan fingerprint density at radius 1 is 1.47 bits per heavy atom. The Morgan fingerprint density at radius 2 is 2.40 bits per heavy atom. The summed E-state index contributed by atoms with van der Waals surface area (Å²) in [6.45, 7) is 1.71. The molecule has 0 unspecified atom stereocenters. The van der Waals surface area contributed by atoms with E-state index in [1.807, 2.05) is 36.1 Å². The molecule has 0 radical (unpaired) electrons. The maximum absolute atomic E-state index is 5.21. The third-order valence-electron chi connectivity index (χ3n) is 2.36. The summed E-state index contributed by atoms with van der Waals surface area (Å²) in [5.41, 5.74) is 1.24. The number of furan rings is 1. The summed E-state index contributed by atoms with van der Waals surface area (Å²) < 4.78 is 7.11.